The molecule has 1 fully saturated rings. The smallest absolute Gasteiger partial charge is 0.216 e. The molecule has 5 heteroatoms. The minimum absolute atomic E-state index is 0.152. The van der Waals surface area contributed by atoms with Crippen LogP contribution in [0.4, 0.5) is 0 Å². The summed E-state index contributed by atoms with van der Waals surface area (Å²) in [6.07, 6.45) is 4.60. The maximum atomic E-state index is 12.6. The molecule has 0 bridgehead atoms. The van der Waals surface area contributed by atoms with Crippen molar-refractivity contribution in [3.8, 4) is 0 Å². The quantitative estimate of drug-likeness (QED) is 0.773. The molecule has 0 aromatic heterocycles. The molecule has 1 saturated carbocycles. The van der Waals surface area contributed by atoms with E-state index >= 15 is 0 Å². The van der Waals surface area contributed by atoms with Crippen LogP contribution in [0.25, 0.3) is 0 Å². The van der Waals surface area contributed by atoms with E-state index in [1.807, 2.05) is 20.8 Å². The van der Waals surface area contributed by atoms with E-state index < -0.39 is 10.0 Å². The highest BCUT2D eigenvalue weighted by molar-refractivity contribution is 7.89. The molecule has 0 unspecified atom stereocenters. The minimum Gasteiger partial charge on any atom is -0.330 e. The average molecular weight is 276 g/mol. The molecule has 2 N–H and O–H groups in total. The van der Waals surface area contributed by atoms with Gasteiger partial charge in [0.15, 0.2) is 0 Å². The summed E-state index contributed by atoms with van der Waals surface area (Å²) >= 11 is 0. The fourth-order valence-electron chi connectivity index (χ4n) is 2.48. The number of sulfonamides is 1. The Labute approximate surface area is 112 Å². The third-order valence-corrected chi connectivity index (χ3v) is 6.06. The Hall–Kier alpha value is -0.130. The Morgan fingerprint density at radius 2 is 1.83 bits per heavy atom. The van der Waals surface area contributed by atoms with Crippen molar-refractivity contribution >= 4 is 10.0 Å². The minimum atomic E-state index is -3.13. The van der Waals surface area contributed by atoms with Crippen LogP contribution in [-0.2, 0) is 10.0 Å². The van der Waals surface area contributed by atoms with Crippen LogP contribution >= 0.6 is 0 Å². The molecule has 1 aliphatic carbocycles. The maximum Gasteiger partial charge on any atom is 0.216 e. The van der Waals surface area contributed by atoms with Gasteiger partial charge in [0.1, 0.15) is 0 Å². The van der Waals surface area contributed by atoms with Gasteiger partial charge < -0.3 is 5.73 Å². The highest BCUT2D eigenvalue weighted by Gasteiger charge is 2.35. The molecule has 1 rings (SSSR count). The lowest BCUT2D eigenvalue weighted by atomic mass is 9.94. The summed E-state index contributed by atoms with van der Waals surface area (Å²) in [6, 6.07) is 0. The predicted octanol–water partition coefficient (Wildman–Crippen LogP) is 1.96. The lowest BCUT2D eigenvalue weighted by molar-refractivity contribution is 0.264. The molecule has 0 amide bonds. The second-order valence-electron chi connectivity index (χ2n) is 6.15. The number of nitrogens with zero attached hydrogens (tertiary/aromatic N) is 1. The summed E-state index contributed by atoms with van der Waals surface area (Å²) in [4.78, 5) is 0. The summed E-state index contributed by atoms with van der Waals surface area (Å²) in [5.74, 6) is 0. The molecule has 4 nitrogen and oxygen atoms in total. The van der Waals surface area contributed by atoms with Crippen LogP contribution in [0.15, 0.2) is 0 Å². The first-order chi connectivity index (χ1) is 8.33. The summed E-state index contributed by atoms with van der Waals surface area (Å²) in [7, 11) is -3.13. The molecular weight excluding hydrogens is 248 g/mol. The van der Waals surface area contributed by atoms with Crippen molar-refractivity contribution in [1.29, 1.82) is 0 Å². The van der Waals surface area contributed by atoms with Crippen molar-refractivity contribution in [1.82, 2.24) is 4.31 Å². The molecule has 1 aliphatic rings. The topological polar surface area (TPSA) is 63.4 Å². The van der Waals surface area contributed by atoms with Crippen molar-refractivity contribution < 1.29 is 8.42 Å². The highest BCUT2D eigenvalue weighted by Crippen LogP contribution is 2.29. The second kappa shape index (κ2) is 6.35. The number of nitrogens with two attached hydrogens (primary N) is 1. The van der Waals surface area contributed by atoms with Gasteiger partial charge in [-0.1, -0.05) is 33.6 Å². The molecule has 0 atom stereocenters. The van der Waals surface area contributed by atoms with Crippen molar-refractivity contribution in [3.63, 3.8) is 0 Å². The third-order valence-electron chi connectivity index (χ3n) is 3.71. The molecule has 18 heavy (non-hydrogen) atoms. The van der Waals surface area contributed by atoms with Gasteiger partial charge in [-0.3, -0.25) is 0 Å². The normalized spacial score (nSPS) is 18.7. The van der Waals surface area contributed by atoms with Gasteiger partial charge in [-0.25, -0.2) is 12.7 Å². The molecule has 0 aliphatic heterocycles. The van der Waals surface area contributed by atoms with Crippen LogP contribution in [0.5, 0.6) is 0 Å². The van der Waals surface area contributed by atoms with Gasteiger partial charge >= 0.3 is 0 Å². The number of hydrogen-bond acceptors (Lipinski definition) is 3. The van der Waals surface area contributed by atoms with Gasteiger partial charge in [-0.2, -0.15) is 0 Å². The molecule has 0 heterocycles. The summed E-state index contributed by atoms with van der Waals surface area (Å²) in [5.41, 5.74) is 5.57. The van der Waals surface area contributed by atoms with Crippen molar-refractivity contribution in [2.75, 3.05) is 19.6 Å². The lowest BCUT2D eigenvalue weighted by Gasteiger charge is -2.32. The molecule has 0 aromatic carbocycles. The van der Waals surface area contributed by atoms with Crippen LogP contribution in [0.3, 0.4) is 0 Å². The van der Waals surface area contributed by atoms with E-state index in [0.29, 0.717) is 19.6 Å². The molecule has 0 spiro atoms. The molecule has 0 aromatic rings. The Balaban J connectivity index is 2.83. The zero-order valence-corrected chi connectivity index (χ0v) is 12.8. The Bertz CT molecular complexity index is 346. The van der Waals surface area contributed by atoms with Gasteiger partial charge in [0, 0.05) is 13.1 Å². The zero-order valence-electron chi connectivity index (χ0n) is 12.0. The number of hydrogen-bond donors (Lipinski definition) is 1. The second-order valence-corrected chi connectivity index (χ2v) is 8.37. The van der Waals surface area contributed by atoms with Gasteiger partial charge in [0.25, 0.3) is 0 Å². The summed E-state index contributed by atoms with van der Waals surface area (Å²) in [5, 5.41) is -0.155. The predicted molar refractivity (Wildman–Crippen MR) is 75.9 cm³/mol. The van der Waals surface area contributed by atoms with Gasteiger partial charge in [0.05, 0.1) is 5.25 Å². The Morgan fingerprint density at radius 3 is 2.28 bits per heavy atom. The maximum absolute atomic E-state index is 12.6. The van der Waals surface area contributed by atoms with E-state index in [9.17, 15) is 8.42 Å². The van der Waals surface area contributed by atoms with E-state index in [2.05, 4.69) is 0 Å². The van der Waals surface area contributed by atoms with Crippen LogP contribution in [0.2, 0.25) is 0 Å². The first-order valence-electron chi connectivity index (χ1n) is 7.02. The monoisotopic (exact) mass is 276 g/mol. The Kier molecular flexibility index (Phi) is 5.62. The number of rotatable bonds is 7. The fraction of sp³-hybridized carbons (Fsp3) is 1.00. The van der Waals surface area contributed by atoms with Gasteiger partial charge in [-0.05, 0) is 31.2 Å². The largest absolute Gasteiger partial charge is 0.330 e. The van der Waals surface area contributed by atoms with Crippen LogP contribution in [0.1, 0.15) is 52.9 Å². The first-order valence-corrected chi connectivity index (χ1v) is 8.53. The van der Waals surface area contributed by atoms with E-state index in [4.69, 9.17) is 5.73 Å². The van der Waals surface area contributed by atoms with Gasteiger partial charge in [0.2, 0.25) is 10.0 Å². The summed E-state index contributed by atoms with van der Waals surface area (Å²) < 4.78 is 26.9. The van der Waals surface area contributed by atoms with Crippen molar-refractivity contribution in [3.05, 3.63) is 0 Å². The summed E-state index contributed by atoms with van der Waals surface area (Å²) in [6.45, 7) is 7.73. The van der Waals surface area contributed by atoms with E-state index in [1.165, 1.54) is 0 Å². The molecule has 0 saturated heterocycles. The van der Waals surface area contributed by atoms with Gasteiger partial charge in [-0.15, -0.1) is 0 Å². The van der Waals surface area contributed by atoms with E-state index in [0.717, 1.165) is 32.1 Å². The molecule has 0 radical (unpaired) electrons. The standard InChI is InChI=1S/C13H28N2O2S/c1-4-9-15(11-13(2,3)10-14)18(16,17)12-7-5-6-8-12/h12H,4-11,14H2,1-3H3. The molecule has 108 valence electrons. The lowest BCUT2D eigenvalue weighted by Crippen LogP contribution is -2.45. The first kappa shape index (κ1) is 15.9. The van der Waals surface area contributed by atoms with Crippen LogP contribution < -0.4 is 5.73 Å². The third kappa shape index (κ3) is 3.93. The highest BCUT2D eigenvalue weighted by atomic mass is 32.2. The molecular formula is C13H28N2O2S. The van der Waals surface area contributed by atoms with Crippen LogP contribution in [-0.4, -0.2) is 37.6 Å². The van der Waals surface area contributed by atoms with E-state index in [-0.39, 0.29) is 10.7 Å². The SMILES string of the molecule is CCCN(CC(C)(C)CN)S(=O)(=O)C1CCCC1. The van der Waals surface area contributed by atoms with E-state index in [1.54, 1.807) is 4.31 Å². The zero-order chi connectivity index (χ0) is 13.8. The fourth-order valence-corrected chi connectivity index (χ4v) is 4.80. The van der Waals surface area contributed by atoms with Crippen molar-refractivity contribution in [2.45, 2.75) is 58.1 Å². The average Bonchev–Trinajstić information content (AvgIpc) is 2.82. The Morgan fingerprint density at radius 1 is 1.28 bits per heavy atom. The van der Waals surface area contributed by atoms with Crippen molar-refractivity contribution in [2.24, 2.45) is 11.1 Å². The van der Waals surface area contributed by atoms with Crippen LogP contribution in [0, 0.1) is 5.41 Å².